The first-order valence-corrected chi connectivity index (χ1v) is 7.49. The maximum Gasteiger partial charge on any atom is 0.157 e. The molecule has 0 unspecified atom stereocenters. The van der Waals surface area contributed by atoms with E-state index in [0.29, 0.717) is 13.2 Å². The van der Waals surface area contributed by atoms with Crippen molar-refractivity contribution in [1.82, 2.24) is 14.6 Å². The van der Waals surface area contributed by atoms with Gasteiger partial charge < -0.3 is 15.2 Å². The zero-order chi connectivity index (χ0) is 14.7. The Labute approximate surface area is 124 Å². The highest BCUT2D eigenvalue weighted by atomic mass is 16.5. The van der Waals surface area contributed by atoms with Crippen LogP contribution < -0.4 is 5.32 Å². The number of ether oxygens (including phenoxy) is 1. The van der Waals surface area contributed by atoms with Crippen molar-refractivity contribution in [3.63, 3.8) is 0 Å². The molecular formula is C15H22N4O2. The van der Waals surface area contributed by atoms with Crippen molar-refractivity contribution in [1.29, 1.82) is 0 Å². The van der Waals surface area contributed by atoms with Crippen LogP contribution in [0.2, 0.25) is 0 Å². The first-order chi connectivity index (χ1) is 10.2. The number of hydrogen-bond acceptors (Lipinski definition) is 5. The molecule has 2 N–H and O–H groups in total. The molecular weight excluding hydrogens is 268 g/mol. The summed E-state index contributed by atoms with van der Waals surface area (Å²) in [6.07, 6.45) is 6.86. The van der Waals surface area contributed by atoms with Crippen molar-refractivity contribution in [3.05, 3.63) is 24.0 Å². The fraction of sp³-hybridized carbons (Fsp3) is 0.600. The molecule has 2 aromatic heterocycles. The minimum atomic E-state index is -0.609. The highest BCUT2D eigenvalue weighted by molar-refractivity contribution is 5.49. The Kier molecular flexibility index (Phi) is 4.07. The second kappa shape index (κ2) is 5.99. The first kappa shape index (κ1) is 14.3. The van der Waals surface area contributed by atoms with E-state index in [2.05, 4.69) is 15.4 Å². The van der Waals surface area contributed by atoms with Crippen molar-refractivity contribution < 1.29 is 9.84 Å². The Morgan fingerprint density at radius 3 is 2.95 bits per heavy atom. The van der Waals surface area contributed by atoms with Gasteiger partial charge in [0, 0.05) is 25.8 Å². The molecule has 6 heteroatoms. The molecule has 3 rings (SSSR count). The number of fused-ring (bicyclic) bond motifs is 1. The first-order valence-electron chi connectivity index (χ1n) is 7.49. The van der Waals surface area contributed by atoms with E-state index < -0.39 is 5.60 Å². The maximum absolute atomic E-state index is 10.6. The predicted octanol–water partition coefficient (Wildman–Crippen LogP) is 1.98. The van der Waals surface area contributed by atoms with Gasteiger partial charge in [-0.1, -0.05) is 19.3 Å². The maximum atomic E-state index is 10.6. The van der Waals surface area contributed by atoms with E-state index in [1.165, 1.54) is 6.42 Å². The van der Waals surface area contributed by atoms with Crippen LogP contribution in [0.3, 0.4) is 0 Å². The van der Waals surface area contributed by atoms with Gasteiger partial charge in [-0.25, -0.2) is 4.98 Å². The third-order valence-corrected chi connectivity index (χ3v) is 4.09. The molecule has 0 radical (unpaired) electrons. The van der Waals surface area contributed by atoms with E-state index in [0.717, 1.165) is 42.8 Å². The van der Waals surface area contributed by atoms with Crippen LogP contribution in [0.4, 0.5) is 5.82 Å². The third-order valence-electron chi connectivity index (χ3n) is 4.09. The number of aliphatic hydroxyl groups is 1. The SMILES string of the molecule is COCc1cc(NCC2(O)CCCCC2)n2nccc2n1. The summed E-state index contributed by atoms with van der Waals surface area (Å²) >= 11 is 0. The number of hydrogen-bond donors (Lipinski definition) is 2. The minimum Gasteiger partial charge on any atom is -0.388 e. The molecule has 0 saturated heterocycles. The monoisotopic (exact) mass is 290 g/mol. The van der Waals surface area contributed by atoms with Crippen LogP contribution >= 0.6 is 0 Å². The van der Waals surface area contributed by atoms with E-state index in [1.807, 2.05) is 12.1 Å². The molecule has 1 aliphatic rings. The molecule has 1 saturated carbocycles. The fourth-order valence-corrected chi connectivity index (χ4v) is 2.95. The number of nitrogens with zero attached hydrogens (tertiary/aromatic N) is 3. The van der Waals surface area contributed by atoms with E-state index in [4.69, 9.17) is 4.74 Å². The lowest BCUT2D eigenvalue weighted by molar-refractivity contribution is 0.0166. The number of rotatable bonds is 5. The fourth-order valence-electron chi connectivity index (χ4n) is 2.95. The van der Waals surface area contributed by atoms with Crippen LogP contribution in [0.5, 0.6) is 0 Å². The van der Waals surface area contributed by atoms with E-state index in [9.17, 15) is 5.11 Å². The zero-order valence-corrected chi connectivity index (χ0v) is 12.4. The smallest absolute Gasteiger partial charge is 0.157 e. The Morgan fingerprint density at radius 1 is 1.38 bits per heavy atom. The molecule has 21 heavy (non-hydrogen) atoms. The Balaban J connectivity index is 1.80. The molecule has 1 aliphatic carbocycles. The lowest BCUT2D eigenvalue weighted by Gasteiger charge is -2.32. The van der Waals surface area contributed by atoms with Gasteiger partial charge in [-0.3, -0.25) is 0 Å². The second-order valence-electron chi connectivity index (χ2n) is 5.81. The third kappa shape index (κ3) is 3.16. The van der Waals surface area contributed by atoms with E-state index in [-0.39, 0.29) is 0 Å². The van der Waals surface area contributed by atoms with Crippen molar-refractivity contribution in [2.45, 2.75) is 44.3 Å². The largest absolute Gasteiger partial charge is 0.388 e. The quantitative estimate of drug-likeness (QED) is 0.881. The molecule has 0 bridgehead atoms. The van der Waals surface area contributed by atoms with Crippen molar-refractivity contribution >= 4 is 11.5 Å². The van der Waals surface area contributed by atoms with Crippen molar-refractivity contribution in [3.8, 4) is 0 Å². The lowest BCUT2D eigenvalue weighted by atomic mass is 9.85. The van der Waals surface area contributed by atoms with Crippen LogP contribution in [0, 0.1) is 0 Å². The van der Waals surface area contributed by atoms with Crippen molar-refractivity contribution in [2.75, 3.05) is 19.0 Å². The zero-order valence-electron chi connectivity index (χ0n) is 12.4. The number of methoxy groups -OCH3 is 1. The van der Waals surface area contributed by atoms with Gasteiger partial charge in [-0.05, 0) is 12.8 Å². The molecule has 114 valence electrons. The summed E-state index contributed by atoms with van der Waals surface area (Å²) in [6.45, 7) is 0.999. The number of anilines is 1. The van der Waals surface area contributed by atoms with Crippen LogP contribution in [0.25, 0.3) is 5.65 Å². The Morgan fingerprint density at radius 2 is 2.19 bits per heavy atom. The molecule has 2 aromatic rings. The average molecular weight is 290 g/mol. The van der Waals surface area contributed by atoms with Gasteiger partial charge in [0.15, 0.2) is 5.65 Å². The van der Waals surface area contributed by atoms with Gasteiger partial charge >= 0.3 is 0 Å². The summed E-state index contributed by atoms with van der Waals surface area (Å²) in [5.41, 5.74) is 1.02. The van der Waals surface area contributed by atoms with E-state index >= 15 is 0 Å². The number of aromatic nitrogens is 3. The van der Waals surface area contributed by atoms with Crippen LogP contribution in [-0.2, 0) is 11.3 Å². The predicted molar refractivity (Wildman–Crippen MR) is 80.2 cm³/mol. The molecule has 0 aromatic carbocycles. The second-order valence-corrected chi connectivity index (χ2v) is 5.81. The lowest BCUT2D eigenvalue weighted by Crippen LogP contribution is -2.39. The molecule has 1 fully saturated rings. The van der Waals surface area contributed by atoms with Crippen LogP contribution in [0.1, 0.15) is 37.8 Å². The minimum absolute atomic E-state index is 0.459. The molecule has 0 spiro atoms. The molecule has 2 heterocycles. The van der Waals surface area contributed by atoms with Crippen LogP contribution in [0.15, 0.2) is 18.3 Å². The highest BCUT2D eigenvalue weighted by Gasteiger charge is 2.29. The summed E-state index contributed by atoms with van der Waals surface area (Å²) in [4.78, 5) is 4.47. The summed E-state index contributed by atoms with van der Waals surface area (Å²) in [6, 6.07) is 3.79. The average Bonchev–Trinajstić information content (AvgIpc) is 2.94. The van der Waals surface area contributed by atoms with E-state index in [1.54, 1.807) is 17.8 Å². The van der Waals surface area contributed by atoms with Gasteiger partial charge in [0.1, 0.15) is 5.82 Å². The molecule has 0 amide bonds. The van der Waals surface area contributed by atoms with Gasteiger partial charge in [-0.2, -0.15) is 9.61 Å². The summed E-state index contributed by atoms with van der Waals surface area (Å²) in [5, 5.41) is 18.2. The van der Waals surface area contributed by atoms with Gasteiger partial charge in [0.2, 0.25) is 0 Å². The normalized spacial score (nSPS) is 18.0. The summed E-state index contributed by atoms with van der Waals surface area (Å²) in [5.74, 6) is 0.844. The van der Waals surface area contributed by atoms with Gasteiger partial charge in [0.25, 0.3) is 0 Å². The number of nitrogens with one attached hydrogen (secondary N) is 1. The standard InChI is InChI=1S/C15H22N4O2/c1-21-10-12-9-14(19-13(18-12)5-8-17-19)16-11-15(20)6-3-2-4-7-15/h5,8-9,16,20H,2-4,6-7,10-11H2,1H3. The summed E-state index contributed by atoms with van der Waals surface area (Å²) < 4.78 is 6.91. The van der Waals surface area contributed by atoms with Crippen molar-refractivity contribution in [2.24, 2.45) is 0 Å². The molecule has 0 aliphatic heterocycles. The molecule has 6 nitrogen and oxygen atoms in total. The Hall–Kier alpha value is -1.66. The topological polar surface area (TPSA) is 71.7 Å². The van der Waals surface area contributed by atoms with Gasteiger partial charge in [-0.15, -0.1) is 0 Å². The molecule has 0 atom stereocenters. The van der Waals surface area contributed by atoms with Crippen LogP contribution in [-0.4, -0.2) is 39.0 Å². The highest BCUT2D eigenvalue weighted by Crippen LogP contribution is 2.28. The Bertz CT molecular complexity index is 605. The van der Waals surface area contributed by atoms with Gasteiger partial charge in [0.05, 0.1) is 24.1 Å². The summed E-state index contributed by atoms with van der Waals surface area (Å²) in [7, 11) is 1.65.